The van der Waals surface area contributed by atoms with Crippen LogP contribution in [0.4, 0.5) is 0 Å². The number of ether oxygens (including phenoxy) is 2. The Balaban J connectivity index is 3.26. The van der Waals surface area contributed by atoms with Crippen LogP contribution in [0.5, 0.6) is 0 Å². The number of carboxylic acids is 2. The van der Waals surface area contributed by atoms with Crippen molar-refractivity contribution >= 4 is 54.2 Å². The van der Waals surface area contributed by atoms with Gasteiger partial charge in [0, 0.05) is 5.75 Å². The Morgan fingerprint density at radius 2 is 1.39 bits per heavy atom. The van der Waals surface area contributed by atoms with Crippen molar-refractivity contribution in [2.75, 3.05) is 5.75 Å². The van der Waals surface area contributed by atoms with Crippen LogP contribution in [0.15, 0.2) is 30.3 Å². The van der Waals surface area contributed by atoms with Gasteiger partial charge in [-0.05, 0) is 24.3 Å². The van der Waals surface area contributed by atoms with Crippen molar-refractivity contribution in [1.82, 2.24) is 16.0 Å². The molecule has 0 spiro atoms. The van der Waals surface area contributed by atoms with Crippen LogP contribution < -0.4 is 16.0 Å². The molecule has 1 aromatic carbocycles. The molecule has 0 saturated carbocycles. The number of aliphatic hydroxyl groups is 1. The molecule has 0 saturated heterocycles. The zero-order chi connectivity index (χ0) is 35.1. The average molecular weight is 670 g/mol. The first kappa shape index (κ1) is 39.8. The van der Waals surface area contributed by atoms with Crippen LogP contribution in [-0.4, -0.2) is 99.1 Å². The molecule has 0 radical (unpaired) electrons. The fourth-order valence-electron chi connectivity index (χ4n) is 3.98. The van der Waals surface area contributed by atoms with Crippen LogP contribution in [0.3, 0.4) is 0 Å². The van der Waals surface area contributed by atoms with E-state index < -0.39 is 103 Å². The van der Waals surface area contributed by atoms with E-state index in [1.807, 2.05) is 0 Å². The van der Waals surface area contributed by atoms with E-state index in [1.165, 1.54) is 20.8 Å². The van der Waals surface area contributed by atoms with Gasteiger partial charge in [0.1, 0.15) is 18.2 Å². The second-order valence-electron chi connectivity index (χ2n) is 11.2. The van der Waals surface area contributed by atoms with Crippen molar-refractivity contribution in [3.8, 4) is 0 Å². The molecule has 3 amide bonds. The molecule has 6 atom stereocenters. The van der Waals surface area contributed by atoms with E-state index in [4.69, 9.17) is 14.6 Å². The summed E-state index contributed by atoms with van der Waals surface area (Å²) in [7, 11) is 0. The Morgan fingerprint density at radius 3 is 1.89 bits per heavy atom. The summed E-state index contributed by atoms with van der Waals surface area (Å²) in [6, 6.07) is 3.80. The van der Waals surface area contributed by atoms with E-state index in [9.17, 15) is 43.8 Å². The molecule has 0 fully saturated rings. The summed E-state index contributed by atoms with van der Waals surface area (Å²) < 4.78 is 10.7. The molecule has 0 aliphatic carbocycles. The lowest BCUT2D eigenvalue weighted by molar-refractivity contribution is -0.168. The number of amides is 3. The highest BCUT2D eigenvalue weighted by Crippen LogP contribution is 2.15. The van der Waals surface area contributed by atoms with Crippen molar-refractivity contribution in [2.45, 2.75) is 90.3 Å². The normalized spacial score (nSPS) is 15.0. The third-order valence-corrected chi connectivity index (χ3v) is 6.98. The maximum absolute atomic E-state index is 13.5. The number of hydrogen-bond acceptors (Lipinski definition) is 11. The van der Waals surface area contributed by atoms with Gasteiger partial charge in [-0.1, -0.05) is 58.0 Å². The van der Waals surface area contributed by atoms with E-state index in [1.54, 1.807) is 44.2 Å². The molecule has 0 aromatic heterocycles. The van der Waals surface area contributed by atoms with Gasteiger partial charge in [-0.25, -0.2) is 9.59 Å². The predicted octanol–water partition coefficient (Wildman–Crippen LogP) is 0.0791. The van der Waals surface area contributed by atoms with Crippen molar-refractivity contribution in [3.63, 3.8) is 0 Å². The average Bonchev–Trinajstić information content (AvgIpc) is 2.98. The molecule has 0 unspecified atom stereocenters. The van der Waals surface area contributed by atoms with E-state index >= 15 is 0 Å². The number of carbonyl (C=O) groups excluding carboxylic acids is 5. The molecule has 1 aromatic rings. The number of nitrogens with one attached hydrogen (secondary N) is 3. The van der Waals surface area contributed by atoms with Crippen molar-refractivity contribution in [2.24, 2.45) is 11.8 Å². The third kappa shape index (κ3) is 13.4. The lowest BCUT2D eigenvalue weighted by atomic mass is 9.97. The van der Waals surface area contributed by atoms with Crippen molar-refractivity contribution < 1.29 is 58.4 Å². The Kier molecular flexibility index (Phi) is 16.8. The molecule has 15 nitrogen and oxygen atoms in total. The summed E-state index contributed by atoms with van der Waals surface area (Å²) in [6.07, 6.45) is -5.63. The predicted molar refractivity (Wildman–Crippen MR) is 165 cm³/mol. The van der Waals surface area contributed by atoms with Crippen LogP contribution in [0.25, 0.3) is 0 Å². The SMILES string of the molecule is CC(C)[C@H](OC(=O)[C@H](NC(=O)Cc1ccccc1)[C@H](C)OC(=O)CCC(=O)O)C(=O)N[C@H](C(=O)N[C@H](CS)C(=O)O)[C@H](O)C(C)C. The molecule has 0 heterocycles. The van der Waals surface area contributed by atoms with Gasteiger partial charge >= 0.3 is 23.9 Å². The monoisotopic (exact) mass is 669 g/mol. The number of aliphatic carboxylic acids is 2. The first-order valence-corrected chi connectivity index (χ1v) is 15.2. The largest absolute Gasteiger partial charge is 0.481 e. The van der Waals surface area contributed by atoms with E-state index in [0.29, 0.717) is 5.56 Å². The summed E-state index contributed by atoms with van der Waals surface area (Å²) in [4.78, 5) is 87.2. The summed E-state index contributed by atoms with van der Waals surface area (Å²) in [5.41, 5.74) is 0.605. The number of esters is 2. The lowest BCUT2D eigenvalue weighted by Gasteiger charge is -2.30. The van der Waals surface area contributed by atoms with Crippen LogP contribution in [-0.2, 0) is 49.5 Å². The number of rotatable bonds is 19. The van der Waals surface area contributed by atoms with Crippen LogP contribution >= 0.6 is 12.6 Å². The number of carbonyl (C=O) groups is 7. The fourth-order valence-corrected chi connectivity index (χ4v) is 4.23. The van der Waals surface area contributed by atoms with Crippen LogP contribution in [0.1, 0.15) is 53.0 Å². The summed E-state index contributed by atoms with van der Waals surface area (Å²) >= 11 is 3.90. The lowest BCUT2D eigenvalue weighted by Crippen LogP contribution is -2.60. The number of aliphatic hydroxyl groups excluding tert-OH is 1. The van der Waals surface area contributed by atoms with Gasteiger partial charge in [0.25, 0.3) is 5.91 Å². The van der Waals surface area contributed by atoms with Crippen LogP contribution in [0.2, 0.25) is 0 Å². The zero-order valence-electron chi connectivity index (χ0n) is 26.3. The second-order valence-corrected chi connectivity index (χ2v) is 11.6. The minimum absolute atomic E-state index is 0.161. The van der Waals surface area contributed by atoms with Crippen LogP contribution in [0, 0.1) is 11.8 Å². The standard InChI is InChI=1S/C30H43N3O12S/c1-15(2)25(38)24(27(39)31-19(14-46)29(41)42)33-28(40)26(16(3)4)45-30(43)23(17(5)44-22(37)12-11-21(35)36)32-20(34)13-18-9-7-6-8-10-18/h6-10,15-17,19,23-26,38,46H,11-14H2,1-5H3,(H,31,39)(H,32,34)(H,33,40)(H,35,36)(H,41,42)/t17-,19+,23+,24-,25+,26-/m0/s1. The topological polar surface area (TPSA) is 235 Å². The Hall–Kier alpha value is -4.18. The molecule has 256 valence electrons. The van der Waals surface area contributed by atoms with Gasteiger partial charge in [0.15, 0.2) is 12.1 Å². The van der Waals surface area contributed by atoms with Gasteiger partial charge in [0.2, 0.25) is 11.8 Å². The van der Waals surface area contributed by atoms with Gasteiger partial charge in [-0.2, -0.15) is 12.6 Å². The second kappa shape index (κ2) is 19.4. The Labute approximate surface area is 272 Å². The molecule has 46 heavy (non-hydrogen) atoms. The first-order valence-electron chi connectivity index (χ1n) is 14.6. The number of carboxylic acid groups (broad SMARTS) is 2. The van der Waals surface area contributed by atoms with Crippen molar-refractivity contribution in [3.05, 3.63) is 35.9 Å². The molecule has 16 heteroatoms. The highest BCUT2D eigenvalue weighted by atomic mass is 32.1. The van der Waals surface area contributed by atoms with Crippen molar-refractivity contribution in [1.29, 1.82) is 0 Å². The number of benzene rings is 1. The number of thiol groups is 1. The third-order valence-electron chi connectivity index (χ3n) is 6.62. The first-order chi connectivity index (χ1) is 21.5. The smallest absolute Gasteiger partial charge is 0.333 e. The molecular formula is C30H43N3O12S. The van der Waals surface area contributed by atoms with Gasteiger partial charge in [-0.3, -0.25) is 24.0 Å². The highest BCUT2D eigenvalue weighted by molar-refractivity contribution is 7.80. The molecular weight excluding hydrogens is 626 g/mol. The summed E-state index contributed by atoms with van der Waals surface area (Å²) in [6.45, 7) is 7.44. The highest BCUT2D eigenvalue weighted by Gasteiger charge is 2.39. The Morgan fingerprint density at radius 1 is 0.783 bits per heavy atom. The van der Waals surface area contributed by atoms with E-state index in [-0.39, 0.29) is 12.2 Å². The summed E-state index contributed by atoms with van der Waals surface area (Å²) in [5.74, 6) is -9.03. The molecule has 1 rings (SSSR count). The minimum Gasteiger partial charge on any atom is -0.481 e. The van der Waals surface area contributed by atoms with Gasteiger partial charge in [-0.15, -0.1) is 0 Å². The summed E-state index contributed by atoms with van der Waals surface area (Å²) in [5, 5.41) is 35.8. The maximum atomic E-state index is 13.5. The van der Waals surface area contributed by atoms with Gasteiger partial charge in [0.05, 0.1) is 25.4 Å². The maximum Gasteiger partial charge on any atom is 0.333 e. The number of hydrogen-bond donors (Lipinski definition) is 7. The molecule has 6 N–H and O–H groups in total. The molecule has 0 aliphatic heterocycles. The molecule has 0 bridgehead atoms. The quantitative estimate of drug-likeness (QED) is 0.0766. The fraction of sp³-hybridized carbons (Fsp3) is 0.567. The minimum atomic E-state index is -1.65. The van der Waals surface area contributed by atoms with E-state index in [0.717, 1.165) is 0 Å². The Bertz CT molecular complexity index is 1230. The zero-order valence-corrected chi connectivity index (χ0v) is 27.2. The molecule has 0 aliphatic rings. The van der Waals surface area contributed by atoms with Gasteiger partial charge < -0.3 is 40.7 Å². The van der Waals surface area contributed by atoms with E-state index in [2.05, 4.69) is 28.6 Å².